The van der Waals surface area contributed by atoms with E-state index < -0.39 is 0 Å². The van der Waals surface area contributed by atoms with Crippen LogP contribution in [0.25, 0.3) is 0 Å². The van der Waals surface area contributed by atoms with Gasteiger partial charge in [-0.05, 0) is 56.8 Å². The Hall–Kier alpha value is -2.04. The highest BCUT2D eigenvalue weighted by Crippen LogP contribution is 2.18. The number of hydrogen-bond acceptors (Lipinski definition) is 3. The molecule has 25 heavy (non-hydrogen) atoms. The Labute approximate surface area is 155 Å². The third-order valence-electron chi connectivity index (χ3n) is 4.09. The van der Waals surface area contributed by atoms with Gasteiger partial charge < -0.3 is 10.2 Å². The molecule has 0 heterocycles. The fourth-order valence-electron chi connectivity index (χ4n) is 2.76. The summed E-state index contributed by atoms with van der Waals surface area (Å²) in [6.45, 7) is 7.14. The lowest BCUT2D eigenvalue weighted by Gasteiger charge is -2.21. The van der Waals surface area contributed by atoms with Crippen molar-refractivity contribution in [2.45, 2.75) is 20.4 Å². The van der Waals surface area contributed by atoms with Crippen LogP contribution in [0.2, 0.25) is 5.02 Å². The predicted molar refractivity (Wildman–Crippen MR) is 106 cm³/mol. The standard InChI is InChI=1S/C20H26ClN3O/c1-4-24(5-2)18-12-10-17(11-13-18)22-20(25)15-23(3)14-16-8-6-7-9-19(16)21/h6-13H,4-5,14-15H2,1-3H3,(H,22,25). The van der Waals surface area contributed by atoms with Gasteiger partial charge in [-0.1, -0.05) is 29.8 Å². The normalized spacial score (nSPS) is 10.8. The number of carbonyl (C=O) groups is 1. The molecule has 0 radical (unpaired) electrons. The number of anilines is 2. The van der Waals surface area contributed by atoms with Crippen LogP contribution in [-0.4, -0.2) is 37.5 Å². The Bertz CT molecular complexity index is 684. The first-order chi connectivity index (χ1) is 12.0. The molecule has 2 aromatic carbocycles. The average Bonchev–Trinajstić information content (AvgIpc) is 2.59. The maximum absolute atomic E-state index is 12.2. The summed E-state index contributed by atoms with van der Waals surface area (Å²) in [4.78, 5) is 16.4. The summed E-state index contributed by atoms with van der Waals surface area (Å²) in [5.74, 6) is -0.0369. The molecule has 0 fully saturated rings. The number of nitrogens with zero attached hydrogens (tertiary/aromatic N) is 2. The van der Waals surface area contributed by atoms with Crippen LogP contribution in [0.5, 0.6) is 0 Å². The van der Waals surface area contributed by atoms with Crippen molar-refractivity contribution in [3.8, 4) is 0 Å². The third kappa shape index (κ3) is 5.76. The highest BCUT2D eigenvalue weighted by atomic mass is 35.5. The molecule has 0 aliphatic rings. The molecule has 2 aromatic rings. The second-order valence-corrected chi connectivity index (χ2v) is 6.44. The molecule has 0 saturated carbocycles. The maximum atomic E-state index is 12.2. The molecule has 1 amide bonds. The molecule has 4 nitrogen and oxygen atoms in total. The van der Waals surface area contributed by atoms with E-state index in [1.54, 1.807) is 0 Å². The van der Waals surface area contributed by atoms with E-state index in [0.29, 0.717) is 13.1 Å². The summed E-state index contributed by atoms with van der Waals surface area (Å²) in [6, 6.07) is 15.7. The summed E-state index contributed by atoms with van der Waals surface area (Å²) in [7, 11) is 1.91. The number of benzene rings is 2. The zero-order valence-corrected chi connectivity index (χ0v) is 15.9. The Morgan fingerprint density at radius 1 is 1.04 bits per heavy atom. The predicted octanol–water partition coefficient (Wildman–Crippen LogP) is 4.26. The molecular formula is C20H26ClN3O. The number of rotatable bonds is 8. The molecule has 0 saturated heterocycles. The van der Waals surface area contributed by atoms with E-state index in [1.807, 2.05) is 60.5 Å². The van der Waals surface area contributed by atoms with E-state index in [1.165, 1.54) is 5.69 Å². The van der Waals surface area contributed by atoms with E-state index in [0.717, 1.165) is 29.4 Å². The van der Waals surface area contributed by atoms with E-state index >= 15 is 0 Å². The smallest absolute Gasteiger partial charge is 0.238 e. The SMILES string of the molecule is CCN(CC)c1ccc(NC(=O)CN(C)Cc2ccccc2Cl)cc1. The minimum Gasteiger partial charge on any atom is -0.372 e. The van der Waals surface area contributed by atoms with Gasteiger partial charge in [-0.15, -0.1) is 0 Å². The van der Waals surface area contributed by atoms with E-state index in [4.69, 9.17) is 11.6 Å². The molecule has 1 N–H and O–H groups in total. The highest BCUT2D eigenvalue weighted by molar-refractivity contribution is 6.31. The van der Waals surface area contributed by atoms with E-state index in [9.17, 15) is 4.79 Å². The van der Waals surface area contributed by atoms with Crippen molar-refractivity contribution in [1.29, 1.82) is 0 Å². The summed E-state index contributed by atoms with van der Waals surface area (Å²) >= 11 is 6.17. The van der Waals surface area contributed by atoms with Crippen molar-refractivity contribution >= 4 is 28.9 Å². The third-order valence-corrected chi connectivity index (χ3v) is 4.46. The molecule has 0 aromatic heterocycles. The van der Waals surface area contributed by atoms with Gasteiger partial charge in [-0.2, -0.15) is 0 Å². The Kier molecular flexibility index (Phi) is 7.29. The zero-order valence-electron chi connectivity index (χ0n) is 15.1. The fourth-order valence-corrected chi connectivity index (χ4v) is 2.96. The van der Waals surface area contributed by atoms with Gasteiger partial charge in [0, 0.05) is 36.0 Å². The first-order valence-electron chi connectivity index (χ1n) is 8.60. The van der Waals surface area contributed by atoms with E-state index in [2.05, 4.69) is 24.1 Å². The molecule has 0 bridgehead atoms. The molecule has 0 unspecified atom stereocenters. The van der Waals surface area contributed by atoms with Crippen molar-refractivity contribution in [2.24, 2.45) is 0 Å². The number of nitrogens with one attached hydrogen (secondary N) is 1. The average molecular weight is 360 g/mol. The minimum atomic E-state index is -0.0369. The van der Waals surface area contributed by atoms with Crippen LogP contribution in [0.3, 0.4) is 0 Å². The molecule has 134 valence electrons. The second-order valence-electron chi connectivity index (χ2n) is 6.03. The minimum absolute atomic E-state index is 0.0369. The van der Waals surface area contributed by atoms with E-state index in [-0.39, 0.29) is 5.91 Å². The topological polar surface area (TPSA) is 35.6 Å². The van der Waals surface area contributed by atoms with Gasteiger partial charge in [0.2, 0.25) is 5.91 Å². The van der Waals surface area contributed by atoms with Crippen LogP contribution in [0.1, 0.15) is 19.4 Å². The quantitative estimate of drug-likeness (QED) is 0.765. The van der Waals surface area contributed by atoms with Gasteiger partial charge in [0.05, 0.1) is 6.54 Å². The Balaban J connectivity index is 1.88. The molecule has 0 atom stereocenters. The molecule has 0 spiro atoms. The van der Waals surface area contributed by atoms with Crippen LogP contribution in [0.4, 0.5) is 11.4 Å². The molecule has 0 aliphatic carbocycles. The molecule has 2 rings (SSSR count). The van der Waals surface area contributed by atoms with Crippen molar-refractivity contribution in [1.82, 2.24) is 4.90 Å². The van der Waals surface area contributed by atoms with Gasteiger partial charge in [-0.3, -0.25) is 9.69 Å². The van der Waals surface area contributed by atoms with Crippen LogP contribution in [0, 0.1) is 0 Å². The lowest BCUT2D eigenvalue weighted by molar-refractivity contribution is -0.117. The largest absolute Gasteiger partial charge is 0.372 e. The fraction of sp³-hybridized carbons (Fsp3) is 0.350. The van der Waals surface area contributed by atoms with Crippen LogP contribution in [-0.2, 0) is 11.3 Å². The highest BCUT2D eigenvalue weighted by Gasteiger charge is 2.09. The van der Waals surface area contributed by atoms with Crippen molar-refractivity contribution in [3.63, 3.8) is 0 Å². The summed E-state index contributed by atoms with van der Waals surface area (Å²) < 4.78 is 0. The molecular weight excluding hydrogens is 334 g/mol. The van der Waals surface area contributed by atoms with Gasteiger partial charge in [0.1, 0.15) is 0 Å². The second kappa shape index (κ2) is 9.44. The number of halogens is 1. The summed E-state index contributed by atoms with van der Waals surface area (Å²) in [6.07, 6.45) is 0. The summed E-state index contributed by atoms with van der Waals surface area (Å²) in [5.41, 5.74) is 2.99. The maximum Gasteiger partial charge on any atom is 0.238 e. The van der Waals surface area contributed by atoms with Crippen molar-refractivity contribution in [3.05, 3.63) is 59.1 Å². The first kappa shape index (κ1) is 19.3. The Morgan fingerprint density at radius 3 is 2.28 bits per heavy atom. The number of carbonyl (C=O) groups excluding carboxylic acids is 1. The summed E-state index contributed by atoms with van der Waals surface area (Å²) in [5, 5.41) is 3.67. The van der Waals surface area contributed by atoms with Gasteiger partial charge in [0.15, 0.2) is 0 Å². The molecule has 0 aliphatic heterocycles. The van der Waals surface area contributed by atoms with Gasteiger partial charge in [0.25, 0.3) is 0 Å². The van der Waals surface area contributed by atoms with Crippen LogP contribution in [0.15, 0.2) is 48.5 Å². The van der Waals surface area contributed by atoms with Crippen molar-refractivity contribution < 1.29 is 4.79 Å². The Morgan fingerprint density at radius 2 is 1.68 bits per heavy atom. The lowest BCUT2D eigenvalue weighted by atomic mass is 10.2. The van der Waals surface area contributed by atoms with Crippen LogP contribution < -0.4 is 10.2 Å². The molecule has 5 heteroatoms. The number of amides is 1. The lowest BCUT2D eigenvalue weighted by Crippen LogP contribution is -2.30. The van der Waals surface area contributed by atoms with Gasteiger partial charge in [-0.25, -0.2) is 0 Å². The van der Waals surface area contributed by atoms with Gasteiger partial charge >= 0.3 is 0 Å². The van der Waals surface area contributed by atoms with Crippen LogP contribution >= 0.6 is 11.6 Å². The zero-order chi connectivity index (χ0) is 18.2. The monoisotopic (exact) mass is 359 g/mol. The van der Waals surface area contributed by atoms with Crippen molar-refractivity contribution in [2.75, 3.05) is 36.9 Å². The number of likely N-dealkylation sites (N-methyl/N-ethyl adjacent to an activating group) is 1. The first-order valence-corrected chi connectivity index (χ1v) is 8.98. The number of hydrogen-bond donors (Lipinski definition) is 1.